The van der Waals surface area contributed by atoms with Gasteiger partial charge in [0.25, 0.3) is 5.91 Å². The Morgan fingerprint density at radius 3 is 2.31 bits per heavy atom. The monoisotopic (exact) mass is 395 g/mol. The molecule has 0 fully saturated rings. The van der Waals surface area contributed by atoms with Gasteiger partial charge in [0.1, 0.15) is 11.8 Å². The van der Waals surface area contributed by atoms with Crippen LogP contribution in [0.3, 0.4) is 0 Å². The minimum absolute atomic E-state index is 0.118. The standard InChI is InChI=1S/C22H25N3O4/c1-25(2)18(19-10-6-12-28-19)15-23-21(26)17(14-16-8-4-3-5-9-16)24-22(27)20-11-7-13-29-20/h3-13,17-18H,14-15H2,1-2H3,(H,23,26)(H,24,27). The van der Waals surface area contributed by atoms with Gasteiger partial charge in [0.2, 0.25) is 5.91 Å². The van der Waals surface area contributed by atoms with Gasteiger partial charge >= 0.3 is 0 Å². The fourth-order valence-electron chi connectivity index (χ4n) is 3.04. The SMILES string of the molecule is CN(C)C(CNC(=O)C(Cc1ccccc1)NC(=O)c1ccco1)c1ccco1. The van der Waals surface area contributed by atoms with Crippen LogP contribution in [0.4, 0.5) is 0 Å². The first-order chi connectivity index (χ1) is 14.0. The Labute approximate surface area is 169 Å². The zero-order valence-electron chi connectivity index (χ0n) is 16.5. The topological polar surface area (TPSA) is 87.7 Å². The van der Waals surface area contributed by atoms with Gasteiger partial charge in [-0.2, -0.15) is 0 Å². The van der Waals surface area contributed by atoms with Crippen molar-refractivity contribution in [3.05, 3.63) is 84.2 Å². The summed E-state index contributed by atoms with van der Waals surface area (Å²) in [5.74, 6) is 0.223. The molecule has 7 nitrogen and oxygen atoms in total. The number of nitrogens with zero attached hydrogens (tertiary/aromatic N) is 1. The van der Waals surface area contributed by atoms with E-state index in [-0.39, 0.29) is 17.7 Å². The highest BCUT2D eigenvalue weighted by molar-refractivity contribution is 5.95. The van der Waals surface area contributed by atoms with Crippen LogP contribution in [-0.4, -0.2) is 43.4 Å². The summed E-state index contributed by atoms with van der Waals surface area (Å²) >= 11 is 0. The predicted molar refractivity (Wildman–Crippen MR) is 108 cm³/mol. The summed E-state index contributed by atoms with van der Waals surface area (Å²) in [5, 5.41) is 5.71. The van der Waals surface area contributed by atoms with Crippen molar-refractivity contribution in [3.63, 3.8) is 0 Å². The number of benzene rings is 1. The molecule has 2 aromatic heterocycles. The highest BCUT2D eigenvalue weighted by atomic mass is 16.3. The van der Waals surface area contributed by atoms with Gasteiger partial charge in [-0.15, -0.1) is 0 Å². The van der Waals surface area contributed by atoms with Gasteiger partial charge in [-0.25, -0.2) is 0 Å². The third kappa shape index (κ3) is 5.58. The number of rotatable bonds is 9. The molecule has 0 spiro atoms. The number of carbonyl (C=O) groups excluding carboxylic acids is 2. The van der Waals surface area contributed by atoms with Crippen LogP contribution in [0.25, 0.3) is 0 Å². The molecule has 2 unspecified atom stereocenters. The van der Waals surface area contributed by atoms with Crippen molar-refractivity contribution in [2.24, 2.45) is 0 Å². The molecule has 2 atom stereocenters. The molecule has 0 aliphatic heterocycles. The number of furan rings is 2. The lowest BCUT2D eigenvalue weighted by atomic mass is 10.0. The maximum atomic E-state index is 12.9. The normalized spacial score (nSPS) is 13.1. The van der Waals surface area contributed by atoms with Crippen molar-refractivity contribution in [3.8, 4) is 0 Å². The van der Waals surface area contributed by atoms with Gasteiger partial charge in [-0.05, 0) is 43.9 Å². The van der Waals surface area contributed by atoms with Crippen LogP contribution in [0.2, 0.25) is 0 Å². The molecule has 1 aromatic carbocycles. The van der Waals surface area contributed by atoms with E-state index in [1.54, 1.807) is 18.4 Å². The first kappa shape index (κ1) is 20.4. The Kier molecular flexibility index (Phi) is 6.86. The van der Waals surface area contributed by atoms with E-state index in [0.717, 1.165) is 11.3 Å². The van der Waals surface area contributed by atoms with Gasteiger partial charge in [0.05, 0.1) is 18.6 Å². The molecule has 0 bridgehead atoms. The van der Waals surface area contributed by atoms with Crippen molar-refractivity contribution < 1.29 is 18.4 Å². The lowest BCUT2D eigenvalue weighted by Gasteiger charge is -2.24. The maximum absolute atomic E-state index is 12.9. The van der Waals surface area contributed by atoms with E-state index in [2.05, 4.69) is 10.6 Å². The molecular formula is C22H25N3O4. The summed E-state index contributed by atoms with van der Waals surface area (Å²) in [6.45, 7) is 0.348. The van der Waals surface area contributed by atoms with E-state index in [9.17, 15) is 9.59 Å². The molecule has 0 saturated heterocycles. The Balaban J connectivity index is 1.70. The minimum Gasteiger partial charge on any atom is -0.468 e. The van der Waals surface area contributed by atoms with Crippen LogP contribution in [0.1, 0.15) is 27.9 Å². The summed E-state index contributed by atoms with van der Waals surface area (Å²) in [6.07, 6.45) is 3.40. The van der Waals surface area contributed by atoms with Gasteiger partial charge in [-0.1, -0.05) is 30.3 Å². The molecule has 2 heterocycles. The van der Waals surface area contributed by atoms with Crippen molar-refractivity contribution in [1.29, 1.82) is 0 Å². The quantitative estimate of drug-likeness (QED) is 0.582. The van der Waals surface area contributed by atoms with Crippen LogP contribution in [0.5, 0.6) is 0 Å². The fourth-order valence-corrected chi connectivity index (χ4v) is 3.04. The molecule has 3 aromatic rings. The van der Waals surface area contributed by atoms with Crippen LogP contribution in [-0.2, 0) is 11.2 Å². The van der Waals surface area contributed by atoms with Crippen LogP contribution >= 0.6 is 0 Å². The largest absolute Gasteiger partial charge is 0.468 e. The second-order valence-electron chi connectivity index (χ2n) is 6.93. The van der Waals surface area contributed by atoms with Crippen molar-refractivity contribution in [1.82, 2.24) is 15.5 Å². The van der Waals surface area contributed by atoms with Crippen molar-refractivity contribution in [2.45, 2.75) is 18.5 Å². The number of amides is 2. The lowest BCUT2D eigenvalue weighted by Crippen LogP contribution is -2.49. The number of likely N-dealkylation sites (N-methyl/N-ethyl adjacent to an activating group) is 1. The molecule has 152 valence electrons. The minimum atomic E-state index is -0.741. The maximum Gasteiger partial charge on any atom is 0.287 e. The van der Waals surface area contributed by atoms with E-state index < -0.39 is 11.9 Å². The molecule has 3 rings (SSSR count). The van der Waals surface area contributed by atoms with Gasteiger partial charge < -0.3 is 19.5 Å². The van der Waals surface area contributed by atoms with Gasteiger partial charge in [0, 0.05) is 13.0 Å². The molecular weight excluding hydrogens is 370 g/mol. The zero-order valence-corrected chi connectivity index (χ0v) is 16.5. The highest BCUT2D eigenvalue weighted by Gasteiger charge is 2.25. The summed E-state index contributed by atoms with van der Waals surface area (Å²) < 4.78 is 10.6. The molecule has 0 saturated carbocycles. The van der Waals surface area contributed by atoms with Crippen LogP contribution in [0.15, 0.2) is 76.0 Å². The van der Waals surface area contributed by atoms with Crippen LogP contribution < -0.4 is 10.6 Å². The zero-order chi connectivity index (χ0) is 20.6. The first-order valence-corrected chi connectivity index (χ1v) is 9.40. The average molecular weight is 395 g/mol. The second-order valence-corrected chi connectivity index (χ2v) is 6.93. The van der Waals surface area contributed by atoms with Gasteiger partial charge in [0.15, 0.2) is 5.76 Å². The number of hydrogen-bond acceptors (Lipinski definition) is 5. The molecule has 0 aliphatic rings. The van der Waals surface area contributed by atoms with Gasteiger partial charge in [-0.3, -0.25) is 14.5 Å². The lowest BCUT2D eigenvalue weighted by molar-refractivity contribution is -0.123. The van der Waals surface area contributed by atoms with E-state index in [0.29, 0.717) is 13.0 Å². The Morgan fingerprint density at radius 1 is 0.966 bits per heavy atom. The fraction of sp³-hybridized carbons (Fsp3) is 0.273. The van der Waals surface area contributed by atoms with E-state index in [1.807, 2.05) is 61.5 Å². The van der Waals surface area contributed by atoms with E-state index >= 15 is 0 Å². The molecule has 2 amide bonds. The smallest absolute Gasteiger partial charge is 0.287 e. The first-order valence-electron chi connectivity index (χ1n) is 9.40. The third-order valence-corrected chi connectivity index (χ3v) is 4.61. The third-order valence-electron chi connectivity index (χ3n) is 4.61. The summed E-state index contributed by atoms with van der Waals surface area (Å²) in [5.41, 5.74) is 0.947. The van der Waals surface area contributed by atoms with Crippen molar-refractivity contribution in [2.75, 3.05) is 20.6 Å². The summed E-state index contributed by atoms with van der Waals surface area (Å²) in [7, 11) is 3.83. The summed E-state index contributed by atoms with van der Waals surface area (Å²) in [6, 6.07) is 15.6. The molecule has 2 N–H and O–H groups in total. The Morgan fingerprint density at radius 2 is 1.69 bits per heavy atom. The van der Waals surface area contributed by atoms with E-state index in [4.69, 9.17) is 8.83 Å². The van der Waals surface area contributed by atoms with E-state index in [1.165, 1.54) is 6.26 Å². The Hall–Kier alpha value is -3.32. The molecule has 29 heavy (non-hydrogen) atoms. The molecule has 0 aliphatic carbocycles. The second kappa shape index (κ2) is 9.75. The summed E-state index contributed by atoms with van der Waals surface area (Å²) in [4.78, 5) is 27.3. The van der Waals surface area contributed by atoms with Crippen LogP contribution in [0, 0.1) is 0 Å². The molecule has 0 radical (unpaired) electrons. The number of hydrogen-bond donors (Lipinski definition) is 2. The Bertz CT molecular complexity index is 890. The number of nitrogens with one attached hydrogen (secondary N) is 2. The molecule has 7 heteroatoms. The highest BCUT2D eigenvalue weighted by Crippen LogP contribution is 2.17. The number of carbonyl (C=O) groups is 2. The average Bonchev–Trinajstić information content (AvgIpc) is 3.42. The predicted octanol–water partition coefficient (Wildman–Crippen LogP) is 2.63. The van der Waals surface area contributed by atoms with Crippen molar-refractivity contribution >= 4 is 11.8 Å².